The highest BCUT2D eigenvalue weighted by Gasteiger charge is 2.19. The molecule has 1 aromatic carbocycles. The molecule has 0 amide bonds. The highest BCUT2D eigenvalue weighted by Crippen LogP contribution is 2.28. The first-order valence-electron chi connectivity index (χ1n) is 6.71. The van der Waals surface area contributed by atoms with E-state index >= 15 is 0 Å². The Morgan fingerprint density at radius 3 is 2.95 bits per heavy atom. The van der Waals surface area contributed by atoms with Crippen molar-refractivity contribution < 1.29 is 4.92 Å². The van der Waals surface area contributed by atoms with Crippen LogP contribution in [-0.4, -0.2) is 53.2 Å². The summed E-state index contributed by atoms with van der Waals surface area (Å²) in [6, 6.07) is 4.82. The second kappa shape index (κ2) is 5.09. The second-order valence-corrected chi connectivity index (χ2v) is 5.18. The number of fused-ring (bicyclic) bond motifs is 1. The number of nitro groups is 1. The number of likely N-dealkylation sites (N-methyl/N-ethyl adjacent to an activating group) is 1. The number of non-ortho nitro benzene ring substituents is 1. The highest BCUT2D eigenvalue weighted by molar-refractivity contribution is 5.91. The first-order valence-corrected chi connectivity index (χ1v) is 6.71. The van der Waals surface area contributed by atoms with Crippen molar-refractivity contribution in [2.24, 2.45) is 0 Å². The number of nitrogens with zero attached hydrogens (tertiary/aromatic N) is 4. The Kier molecular flexibility index (Phi) is 3.27. The summed E-state index contributed by atoms with van der Waals surface area (Å²) in [5, 5.41) is 19.0. The lowest BCUT2D eigenvalue weighted by molar-refractivity contribution is -0.384. The van der Waals surface area contributed by atoms with Gasteiger partial charge in [-0.25, -0.2) is 0 Å². The molecule has 20 heavy (non-hydrogen) atoms. The van der Waals surface area contributed by atoms with Crippen molar-refractivity contribution in [3.8, 4) is 0 Å². The number of aromatic nitrogens is 2. The molecule has 7 nitrogen and oxygen atoms in total. The molecule has 0 saturated carbocycles. The van der Waals surface area contributed by atoms with Crippen molar-refractivity contribution in [2.75, 3.05) is 38.1 Å². The molecule has 0 spiro atoms. The van der Waals surface area contributed by atoms with Crippen molar-refractivity contribution in [1.29, 1.82) is 0 Å². The molecular formula is C13H17N5O2. The summed E-state index contributed by atoms with van der Waals surface area (Å²) in [4.78, 5) is 15.0. The normalized spacial score (nSPS) is 17.4. The Hall–Kier alpha value is -2.15. The summed E-state index contributed by atoms with van der Waals surface area (Å²) in [6.07, 6.45) is 1.07. The fraction of sp³-hybridized carbons (Fsp3) is 0.462. The molecule has 2 aromatic rings. The van der Waals surface area contributed by atoms with Crippen LogP contribution in [0.3, 0.4) is 0 Å². The van der Waals surface area contributed by atoms with E-state index in [2.05, 4.69) is 27.0 Å². The van der Waals surface area contributed by atoms with Crippen LogP contribution in [0.4, 0.5) is 11.5 Å². The fourth-order valence-corrected chi connectivity index (χ4v) is 2.60. The summed E-state index contributed by atoms with van der Waals surface area (Å²) in [7, 11) is 2.11. The average molecular weight is 275 g/mol. The Bertz CT molecular complexity index is 639. The summed E-state index contributed by atoms with van der Waals surface area (Å²) in [5.74, 6) is 0.819. The Morgan fingerprint density at radius 2 is 2.15 bits per heavy atom. The highest BCUT2D eigenvalue weighted by atomic mass is 16.6. The molecule has 1 aromatic heterocycles. The molecule has 1 aliphatic rings. The minimum absolute atomic E-state index is 0.104. The van der Waals surface area contributed by atoms with Gasteiger partial charge in [0.15, 0.2) is 5.82 Å². The van der Waals surface area contributed by atoms with Gasteiger partial charge in [0.05, 0.1) is 15.8 Å². The fourth-order valence-electron chi connectivity index (χ4n) is 2.60. The number of anilines is 1. The second-order valence-electron chi connectivity index (χ2n) is 5.18. The Morgan fingerprint density at radius 1 is 1.30 bits per heavy atom. The standard InChI is InChI=1S/C13H17N5O2/c1-16-5-2-6-17(8-7-16)13-11-9-10(18(19)20)3-4-12(11)14-15-13/h3-4,9H,2,5-8H2,1H3,(H,14,15). The van der Waals surface area contributed by atoms with E-state index in [1.54, 1.807) is 12.1 Å². The third-order valence-electron chi connectivity index (χ3n) is 3.76. The molecule has 2 heterocycles. The zero-order chi connectivity index (χ0) is 14.1. The van der Waals surface area contributed by atoms with Gasteiger partial charge in [-0.2, -0.15) is 5.10 Å². The van der Waals surface area contributed by atoms with E-state index in [0.29, 0.717) is 0 Å². The first kappa shape index (κ1) is 12.9. The minimum atomic E-state index is -0.369. The predicted octanol–water partition coefficient (Wildman–Crippen LogP) is 1.61. The largest absolute Gasteiger partial charge is 0.353 e. The molecular weight excluding hydrogens is 258 g/mol. The van der Waals surface area contributed by atoms with E-state index in [1.807, 2.05) is 0 Å². The topological polar surface area (TPSA) is 78.3 Å². The van der Waals surface area contributed by atoms with Gasteiger partial charge in [0, 0.05) is 31.8 Å². The monoisotopic (exact) mass is 275 g/mol. The van der Waals surface area contributed by atoms with Crippen molar-refractivity contribution in [2.45, 2.75) is 6.42 Å². The van der Waals surface area contributed by atoms with E-state index in [9.17, 15) is 10.1 Å². The number of hydrogen-bond donors (Lipinski definition) is 1. The van der Waals surface area contributed by atoms with Crippen LogP contribution >= 0.6 is 0 Å². The van der Waals surface area contributed by atoms with Crippen LogP contribution in [0.25, 0.3) is 10.9 Å². The number of nitrogens with one attached hydrogen (secondary N) is 1. The zero-order valence-corrected chi connectivity index (χ0v) is 11.4. The van der Waals surface area contributed by atoms with Gasteiger partial charge in [0.2, 0.25) is 0 Å². The van der Waals surface area contributed by atoms with Gasteiger partial charge >= 0.3 is 0 Å². The third kappa shape index (κ3) is 2.32. The number of hydrogen-bond acceptors (Lipinski definition) is 5. The lowest BCUT2D eigenvalue weighted by Gasteiger charge is -2.20. The lowest BCUT2D eigenvalue weighted by atomic mass is 10.2. The summed E-state index contributed by atoms with van der Waals surface area (Å²) in [5.41, 5.74) is 0.940. The summed E-state index contributed by atoms with van der Waals surface area (Å²) >= 11 is 0. The summed E-state index contributed by atoms with van der Waals surface area (Å²) < 4.78 is 0. The number of H-pyrrole nitrogens is 1. The van der Waals surface area contributed by atoms with Gasteiger partial charge in [-0.1, -0.05) is 0 Å². The van der Waals surface area contributed by atoms with Crippen LogP contribution in [0.1, 0.15) is 6.42 Å². The van der Waals surface area contributed by atoms with Gasteiger partial charge < -0.3 is 9.80 Å². The van der Waals surface area contributed by atoms with E-state index in [4.69, 9.17) is 0 Å². The van der Waals surface area contributed by atoms with Crippen molar-refractivity contribution >= 4 is 22.4 Å². The zero-order valence-electron chi connectivity index (χ0n) is 11.4. The summed E-state index contributed by atoms with van der Waals surface area (Å²) in [6.45, 7) is 3.86. The molecule has 1 saturated heterocycles. The van der Waals surface area contributed by atoms with Crippen LogP contribution in [-0.2, 0) is 0 Å². The van der Waals surface area contributed by atoms with Crippen LogP contribution in [0.15, 0.2) is 18.2 Å². The van der Waals surface area contributed by atoms with E-state index in [1.165, 1.54) is 6.07 Å². The number of aromatic amines is 1. The van der Waals surface area contributed by atoms with Gasteiger partial charge in [-0.3, -0.25) is 15.2 Å². The molecule has 1 fully saturated rings. The maximum Gasteiger partial charge on any atom is 0.270 e. The van der Waals surface area contributed by atoms with Crippen molar-refractivity contribution in [1.82, 2.24) is 15.1 Å². The predicted molar refractivity (Wildman–Crippen MR) is 77.1 cm³/mol. The molecule has 0 aliphatic carbocycles. The number of benzene rings is 1. The van der Waals surface area contributed by atoms with E-state index in [0.717, 1.165) is 49.3 Å². The molecule has 3 rings (SSSR count). The molecule has 0 bridgehead atoms. The van der Waals surface area contributed by atoms with Gasteiger partial charge in [-0.15, -0.1) is 0 Å². The van der Waals surface area contributed by atoms with E-state index < -0.39 is 0 Å². The van der Waals surface area contributed by atoms with Gasteiger partial charge in [0.1, 0.15) is 0 Å². The van der Waals surface area contributed by atoms with Gasteiger partial charge in [-0.05, 0) is 26.1 Å². The average Bonchev–Trinajstić information content (AvgIpc) is 2.73. The van der Waals surface area contributed by atoms with Crippen LogP contribution < -0.4 is 4.90 Å². The molecule has 0 radical (unpaired) electrons. The maximum atomic E-state index is 10.9. The Balaban J connectivity index is 1.98. The minimum Gasteiger partial charge on any atom is -0.353 e. The molecule has 1 aliphatic heterocycles. The lowest BCUT2D eigenvalue weighted by Crippen LogP contribution is -2.29. The molecule has 106 valence electrons. The number of nitro benzene ring substituents is 1. The third-order valence-corrected chi connectivity index (χ3v) is 3.76. The molecule has 7 heteroatoms. The van der Waals surface area contributed by atoms with Crippen LogP contribution in [0.5, 0.6) is 0 Å². The first-order chi connectivity index (χ1) is 9.65. The van der Waals surface area contributed by atoms with Crippen molar-refractivity contribution in [3.63, 3.8) is 0 Å². The quantitative estimate of drug-likeness (QED) is 0.665. The maximum absolute atomic E-state index is 10.9. The molecule has 1 N–H and O–H groups in total. The van der Waals surface area contributed by atoms with E-state index in [-0.39, 0.29) is 10.6 Å². The molecule has 0 unspecified atom stereocenters. The van der Waals surface area contributed by atoms with Crippen LogP contribution in [0, 0.1) is 10.1 Å². The SMILES string of the molecule is CN1CCCN(c2n[nH]c3ccc([N+](=O)[O-])cc23)CC1. The van der Waals surface area contributed by atoms with Gasteiger partial charge in [0.25, 0.3) is 5.69 Å². The van der Waals surface area contributed by atoms with Crippen LogP contribution in [0.2, 0.25) is 0 Å². The smallest absolute Gasteiger partial charge is 0.270 e. The molecule has 0 atom stereocenters. The number of rotatable bonds is 2. The Labute approximate surface area is 116 Å². The van der Waals surface area contributed by atoms with Crippen molar-refractivity contribution in [3.05, 3.63) is 28.3 Å².